The first-order valence-corrected chi connectivity index (χ1v) is 8.63. The minimum Gasteiger partial charge on any atom is -0.481 e. The van der Waals surface area contributed by atoms with Crippen LogP contribution in [0.15, 0.2) is 24.3 Å². The third kappa shape index (κ3) is 5.38. The molecule has 0 spiro atoms. The number of carboxylic acid groups (broad SMARTS) is 1. The van der Waals surface area contributed by atoms with E-state index >= 15 is 0 Å². The van der Waals surface area contributed by atoms with Crippen LogP contribution in [0.4, 0.5) is 0 Å². The van der Waals surface area contributed by atoms with Crippen LogP contribution in [0.5, 0.6) is 5.75 Å². The van der Waals surface area contributed by atoms with Gasteiger partial charge < -0.3 is 9.84 Å². The van der Waals surface area contributed by atoms with Gasteiger partial charge in [0.15, 0.2) is 0 Å². The maximum absolute atomic E-state index is 12.2. The molecule has 1 saturated carbocycles. The monoisotopic (exact) mass is 318 g/mol. The van der Waals surface area contributed by atoms with Crippen LogP contribution in [0.3, 0.4) is 0 Å². The number of ether oxygens (including phenoxy) is 1. The molecule has 4 heteroatoms. The van der Waals surface area contributed by atoms with E-state index in [1.165, 1.54) is 24.8 Å². The molecular formula is C19H26O4. The number of aryl methyl sites for hydroxylation is 1. The molecule has 1 N–H and O–H groups in total. The van der Waals surface area contributed by atoms with E-state index in [0.29, 0.717) is 31.4 Å². The molecule has 0 amide bonds. The van der Waals surface area contributed by atoms with Crippen LogP contribution >= 0.6 is 0 Å². The lowest BCUT2D eigenvalue weighted by molar-refractivity contribution is -0.146. The minimum atomic E-state index is -0.754. The van der Waals surface area contributed by atoms with Crippen molar-refractivity contribution in [2.75, 3.05) is 0 Å². The number of hydrogen-bond donors (Lipinski definition) is 1. The molecule has 2 rings (SSSR count). The summed E-state index contributed by atoms with van der Waals surface area (Å²) in [6.07, 6.45) is 7.01. The number of unbranched alkanes of at least 4 members (excludes halogenated alkanes) is 2. The van der Waals surface area contributed by atoms with Crippen molar-refractivity contribution in [2.24, 2.45) is 11.8 Å². The molecule has 126 valence electrons. The number of rotatable bonds is 7. The fraction of sp³-hybridized carbons (Fsp3) is 0.579. The Kier molecular flexibility index (Phi) is 6.63. The Morgan fingerprint density at radius 3 is 2.22 bits per heavy atom. The van der Waals surface area contributed by atoms with Gasteiger partial charge in [0.05, 0.1) is 11.8 Å². The summed E-state index contributed by atoms with van der Waals surface area (Å²) >= 11 is 0. The number of carbonyl (C=O) groups excluding carboxylic acids is 1. The Balaban J connectivity index is 1.80. The number of carboxylic acids is 1. The van der Waals surface area contributed by atoms with Crippen molar-refractivity contribution in [3.8, 4) is 5.75 Å². The molecule has 0 aromatic heterocycles. The third-order valence-corrected chi connectivity index (χ3v) is 4.62. The fourth-order valence-corrected chi connectivity index (χ4v) is 3.08. The molecule has 1 aromatic carbocycles. The molecule has 0 saturated heterocycles. The first kappa shape index (κ1) is 17.5. The average Bonchev–Trinajstić information content (AvgIpc) is 2.56. The predicted octanol–water partition coefficient (Wildman–Crippen LogP) is 4.22. The normalized spacial score (nSPS) is 20.9. The van der Waals surface area contributed by atoms with E-state index in [4.69, 9.17) is 9.84 Å². The molecule has 0 radical (unpaired) electrons. The molecule has 1 aliphatic rings. The SMILES string of the molecule is CCCCCc1ccc(OC(=O)[C@H]2CC[C@H](C(=O)O)CC2)cc1. The molecule has 0 bridgehead atoms. The minimum absolute atomic E-state index is 0.171. The van der Waals surface area contributed by atoms with E-state index < -0.39 is 5.97 Å². The number of hydrogen-bond acceptors (Lipinski definition) is 3. The molecular weight excluding hydrogens is 292 g/mol. The summed E-state index contributed by atoms with van der Waals surface area (Å²) in [5.74, 6) is -0.881. The zero-order valence-electron chi connectivity index (χ0n) is 13.8. The first-order valence-electron chi connectivity index (χ1n) is 8.63. The molecule has 0 atom stereocenters. The van der Waals surface area contributed by atoms with Crippen molar-refractivity contribution in [1.82, 2.24) is 0 Å². The number of benzene rings is 1. The summed E-state index contributed by atoms with van der Waals surface area (Å²) in [6.45, 7) is 2.19. The molecule has 4 nitrogen and oxygen atoms in total. The molecule has 1 fully saturated rings. The van der Waals surface area contributed by atoms with E-state index in [1.54, 1.807) is 0 Å². The van der Waals surface area contributed by atoms with Gasteiger partial charge in [0.25, 0.3) is 0 Å². The second kappa shape index (κ2) is 8.70. The van der Waals surface area contributed by atoms with Crippen LogP contribution in [0.1, 0.15) is 57.4 Å². The van der Waals surface area contributed by atoms with E-state index in [1.807, 2.05) is 24.3 Å². The molecule has 1 aromatic rings. The van der Waals surface area contributed by atoms with Gasteiger partial charge in [-0.25, -0.2) is 0 Å². The summed E-state index contributed by atoms with van der Waals surface area (Å²) in [5.41, 5.74) is 1.26. The molecule has 1 aliphatic carbocycles. The fourth-order valence-electron chi connectivity index (χ4n) is 3.08. The zero-order chi connectivity index (χ0) is 16.7. The lowest BCUT2D eigenvalue weighted by atomic mass is 9.82. The summed E-state index contributed by atoms with van der Waals surface area (Å²) in [6, 6.07) is 7.73. The quantitative estimate of drug-likeness (QED) is 0.464. The van der Waals surface area contributed by atoms with Gasteiger partial charge >= 0.3 is 11.9 Å². The van der Waals surface area contributed by atoms with Crippen molar-refractivity contribution in [3.05, 3.63) is 29.8 Å². The lowest BCUT2D eigenvalue weighted by Crippen LogP contribution is -2.28. The molecule has 23 heavy (non-hydrogen) atoms. The highest BCUT2D eigenvalue weighted by Gasteiger charge is 2.30. The summed E-state index contributed by atoms with van der Waals surface area (Å²) < 4.78 is 5.44. The Hall–Kier alpha value is -1.84. The molecule has 0 aliphatic heterocycles. The number of carbonyl (C=O) groups is 2. The van der Waals surface area contributed by atoms with Gasteiger partial charge in [0, 0.05) is 0 Å². The van der Waals surface area contributed by atoms with Crippen LogP contribution < -0.4 is 4.74 Å². The van der Waals surface area contributed by atoms with Gasteiger partial charge in [0.2, 0.25) is 0 Å². The Bertz CT molecular complexity index is 513. The van der Waals surface area contributed by atoms with Crippen molar-refractivity contribution < 1.29 is 19.4 Å². The summed E-state index contributed by atoms with van der Waals surface area (Å²) in [4.78, 5) is 23.1. The highest BCUT2D eigenvalue weighted by Crippen LogP contribution is 2.30. The van der Waals surface area contributed by atoms with Crippen LogP contribution in [0, 0.1) is 11.8 Å². The second-order valence-electron chi connectivity index (χ2n) is 6.41. The van der Waals surface area contributed by atoms with Gasteiger partial charge in [-0.1, -0.05) is 31.9 Å². The number of aliphatic carboxylic acids is 1. The summed E-state index contributed by atoms with van der Waals surface area (Å²) in [5, 5.41) is 8.99. The van der Waals surface area contributed by atoms with E-state index in [2.05, 4.69) is 6.92 Å². The van der Waals surface area contributed by atoms with E-state index in [9.17, 15) is 9.59 Å². The molecule has 0 unspecified atom stereocenters. The Labute approximate surface area is 137 Å². The largest absolute Gasteiger partial charge is 0.481 e. The Morgan fingerprint density at radius 1 is 1.04 bits per heavy atom. The maximum atomic E-state index is 12.2. The average molecular weight is 318 g/mol. The van der Waals surface area contributed by atoms with Crippen molar-refractivity contribution >= 4 is 11.9 Å². The van der Waals surface area contributed by atoms with Crippen LogP contribution in [-0.2, 0) is 16.0 Å². The van der Waals surface area contributed by atoms with Crippen molar-refractivity contribution in [2.45, 2.75) is 58.3 Å². The molecule has 0 heterocycles. The first-order chi connectivity index (χ1) is 11.1. The number of esters is 1. The van der Waals surface area contributed by atoms with Crippen molar-refractivity contribution in [3.63, 3.8) is 0 Å². The van der Waals surface area contributed by atoms with Gasteiger partial charge in [-0.05, 0) is 56.2 Å². The van der Waals surface area contributed by atoms with Crippen LogP contribution in [0.2, 0.25) is 0 Å². The van der Waals surface area contributed by atoms with Gasteiger partial charge in [-0.15, -0.1) is 0 Å². The highest BCUT2D eigenvalue weighted by atomic mass is 16.5. The van der Waals surface area contributed by atoms with Gasteiger partial charge in [-0.2, -0.15) is 0 Å². The van der Waals surface area contributed by atoms with E-state index in [0.717, 1.165) is 6.42 Å². The van der Waals surface area contributed by atoms with Gasteiger partial charge in [0.1, 0.15) is 5.75 Å². The topological polar surface area (TPSA) is 63.6 Å². The summed E-state index contributed by atoms with van der Waals surface area (Å²) in [7, 11) is 0. The van der Waals surface area contributed by atoms with E-state index in [-0.39, 0.29) is 17.8 Å². The van der Waals surface area contributed by atoms with Crippen molar-refractivity contribution in [1.29, 1.82) is 0 Å². The third-order valence-electron chi connectivity index (χ3n) is 4.62. The van der Waals surface area contributed by atoms with Crippen LogP contribution in [0.25, 0.3) is 0 Å². The van der Waals surface area contributed by atoms with Crippen LogP contribution in [-0.4, -0.2) is 17.0 Å². The zero-order valence-corrected chi connectivity index (χ0v) is 13.8. The lowest BCUT2D eigenvalue weighted by Gasteiger charge is -2.24. The standard InChI is InChI=1S/C19H26O4/c1-2-3-4-5-14-6-12-17(13-7-14)23-19(22)16-10-8-15(9-11-16)18(20)21/h6-7,12-13,15-16H,2-5,8-11H2,1H3,(H,20,21)/t15-,16-. The highest BCUT2D eigenvalue weighted by molar-refractivity contribution is 5.76. The maximum Gasteiger partial charge on any atom is 0.314 e. The smallest absolute Gasteiger partial charge is 0.314 e. The Morgan fingerprint density at radius 2 is 1.65 bits per heavy atom. The second-order valence-corrected chi connectivity index (χ2v) is 6.41. The van der Waals surface area contributed by atoms with Gasteiger partial charge in [-0.3, -0.25) is 9.59 Å². The predicted molar refractivity (Wildman–Crippen MR) is 88.4 cm³/mol.